The van der Waals surface area contributed by atoms with Gasteiger partial charge < -0.3 is 20.3 Å². The summed E-state index contributed by atoms with van der Waals surface area (Å²) in [5, 5.41) is 10.6. The van der Waals surface area contributed by atoms with Crippen LogP contribution in [0.4, 0.5) is 0 Å². The van der Waals surface area contributed by atoms with Crippen molar-refractivity contribution in [3.8, 4) is 0 Å². The van der Waals surface area contributed by atoms with Crippen LogP contribution in [0.2, 0.25) is 0 Å². The molecule has 1 aromatic heterocycles. The maximum Gasteiger partial charge on any atom is 0.251 e. The highest BCUT2D eigenvalue weighted by atomic mass is 16.5. The Bertz CT molecular complexity index is 805. The number of carbonyl (C=O) groups excluding carboxylic acids is 1. The number of nitrogens with one attached hydrogen (secondary N) is 2. The van der Waals surface area contributed by atoms with E-state index in [4.69, 9.17) is 9.73 Å². The van der Waals surface area contributed by atoms with Crippen LogP contribution in [0, 0.1) is 0 Å². The summed E-state index contributed by atoms with van der Waals surface area (Å²) >= 11 is 0. The number of hydrogen-bond donors (Lipinski definition) is 2. The van der Waals surface area contributed by atoms with E-state index in [2.05, 4.69) is 27.6 Å². The van der Waals surface area contributed by atoms with Crippen LogP contribution in [0.15, 0.2) is 47.7 Å². The molecule has 0 saturated carbocycles. The zero-order valence-corrected chi connectivity index (χ0v) is 17.2. The van der Waals surface area contributed by atoms with E-state index in [0.29, 0.717) is 25.3 Å². The van der Waals surface area contributed by atoms with Gasteiger partial charge in [0.25, 0.3) is 5.91 Å². The summed E-state index contributed by atoms with van der Waals surface area (Å²) in [5.41, 5.74) is 1.76. The van der Waals surface area contributed by atoms with Gasteiger partial charge in [-0.15, -0.1) is 0 Å². The number of aryl methyl sites for hydroxylation is 1. The van der Waals surface area contributed by atoms with Crippen LogP contribution in [0.5, 0.6) is 0 Å². The molecule has 0 aliphatic carbocycles. The first-order valence-electron chi connectivity index (χ1n) is 10.1. The minimum Gasteiger partial charge on any atom is -0.370 e. The van der Waals surface area contributed by atoms with Gasteiger partial charge in [0, 0.05) is 50.6 Å². The van der Waals surface area contributed by atoms with Crippen LogP contribution in [0.3, 0.4) is 0 Å². The summed E-state index contributed by atoms with van der Waals surface area (Å²) in [6.07, 6.45) is 4.62. The molecule has 8 nitrogen and oxygen atoms in total. The lowest BCUT2D eigenvalue weighted by Gasteiger charge is -2.34. The Kier molecular flexibility index (Phi) is 7.63. The predicted octanol–water partition coefficient (Wildman–Crippen LogP) is 1.58. The molecule has 0 radical (unpaired) electrons. The first-order valence-corrected chi connectivity index (χ1v) is 10.1. The fraction of sp³-hybridized carbons (Fsp3) is 0.476. The number of amides is 1. The molecule has 1 atom stereocenters. The second kappa shape index (κ2) is 10.6. The summed E-state index contributed by atoms with van der Waals surface area (Å²) in [6, 6.07) is 9.26. The van der Waals surface area contributed by atoms with Crippen molar-refractivity contribution in [3.63, 3.8) is 0 Å². The maximum absolute atomic E-state index is 12.1. The van der Waals surface area contributed by atoms with E-state index in [1.165, 1.54) is 0 Å². The first-order chi connectivity index (χ1) is 14.2. The molecule has 0 spiro atoms. The second-order valence-corrected chi connectivity index (χ2v) is 6.96. The van der Waals surface area contributed by atoms with Crippen molar-refractivity contribution in [2.45, 2.75) is 19.4 Å². The van der Waals surface area contributed by atoms with E-state index in [-0.39, 0.29) is 12.0 Å². The summed E-state index contributed by atoms with van der Waals surface area (Å²) < 4.78 is 7.71. The van der Waals surface area contributed by atoms with Crippen molar-refractivity contribution in [2.75, 3.05) is 39.3 Å². The highest BCUT2D eigenvalue weighted by Gasteiger charge is 2.25. The quantitative estimate of drug-likeness (QED) is 0.420. The zero-order valence-electron chi connectivity index (χ0n) is 17.2. The van der Waals surface area contributed by atoms with Crippen LogP contribution in [-0.2, 0) is 11.8 Å². The van der Waals surface area contributed by atoms with Gasteiger partial charge in [0.15, 0.2) is 5.96 Å². The van der Waals surface area contributed by atoms with Gasteiger partial charge >= 0.3 is 0 Å². The number of nitrogens with zero attached hydrogens (tertiary/aromatic N) is 4. The largest absolute Gasteiger partial charge is 0.370 e. The molecular weight excluding hydrogens is 368 g/mol. The van der Waals surface area contributed by atoms with Crippen molar-refractivity contribution < 1.29 is 9.53 Å². The molecule has 1 aromatic carbocycles. The highest BCUT2D eigenvalue weighted by molar-refractivity contribution is 5.94. The van der Waals surface area contributed by atoms with Crippen molar-refractivity contribution in [3.05, 3.63) is 53.9 Å². The molecule has 1 amide bonds. The van der Waals surface area contributed by atoms with Gasteiger partial charge in [-0.05, 0) is 25.5 Å². The molecule has 2 heterocycles. The zero-order chi connectivity index (χ0) is 20.5. The Morgan fingerprint density at radius 1 is 1.31 bits per heavy atom. The van der Waals surface area contributed by atoms with Gasteiger partial charge in [-0.1, -0.05) is 18.2 Å². The van der Waals surface area contributed by atoms with Crippen molar-refractivity contribution in [2.24, 2.45) is 12.0 Å². The van der Waals surface area contributed by atoms with E-state index in [1.54, 1.807) is 4.68 Å². The van der Waals surface area contributed by atoms with Crippen molar-refractivity contribution in [1.82, 2.24) is 25.3 Å². The maximum atomic E-state index is 12.1. The highest BCUT2D eigenvalue weighted by Crippen LogP contribution is 2.21. The molecule has 0 bridgehead atoms. The van der Waals surface area contributed by atoms with Crippen LogP contribution in [0.1, 0.15) is 35.4 Å². The summed E-state index contributed by atoms with van der Waals surface area (Å²) in [5.74, 6) is 0.841. The topological polar surface area (TPSA) is 83.8 Å². The molecule has 8 heteroatoms. The Labute approximate surface area is 171 Å². The Morgan fingerprint density at radius 2 is 2.14 bits per heavy atom. The Hall–Kier alpha value is -2.87. The molecule has 1 aliphatic heterocycles. The van der Waals surface area contributed by atoms with Crippen molar-refractivity contribution in [1.29, 1.82) is 0 Å². The van der Waals surface area contributed by atoms with E-state index >= 15 is 0 Å². The van der Waals surface area contributed by atoms with Gasteiger partial charge in [0.2, 0.25) is 0 Å². The number of rotatable bonds is 7. The monoisotopic (exact) mass is 398 g/mol. The van der Waals surface area contributed by atoms with Crippen LogP contribution < -0.4 is 10.6 Å². The predicted molar refractivity (Wildman–Crippen MR) is 113 cm³/mol. The minimum absolute atomic E-state index is 0.00790. The van der Waals surface area contributed by atoms with Gasteiger partial charge in [0.1, 0.15) is 6.10 Å². The number of aromatic nitrogens is 2. The van der Waals surface area contributed by atoms with E-state index in [9.17, 15) is 4.79 Å². The average Bonchev–Trinajstić information content (AvgIpc) is 3.19. The molecule has 1 fully saturated rings. The molecular formula is C21H30N6O2. The molecule has 1 aliphatic rings. The number of guanidine groups is 1. The number of morpholine rings is 1. The second-order valence-electron chi connectivity index (χ2n) is 6.96. The molecule has 1 unspecified atom stereocenters. The molecule has 3 rings (SSSR count). The van der Waals surface area contributed by atoms with E-state index in [1.807, 2.05) is 49.8 Å². The number of ether oxygens (including phenoxy) is 1. The lowest BCUT2D eigenvalue weighted by Crippen LogP contribution is -2.48. The minimum atomic E-state index is -0.0472. The Balaban J connectivity index is 1.49. The third-order valence-electron chi connectivity index (χ3n) is 4.72. The molecule has 156 valence electrons. The van der Waals surface area contributed by atoms with Crippen LogP contribution >= 0.6 is 0 Å². The molecule has 1 saturated heterocycles. The van der Waals surface area contributed by atoms with Crippen molar-refractivity contribution >= 4 is 11.9 Å². The normalized spacial score (nSPS) is 17.2. The standard InChI is InChI=1S/C21H30N6O2/c1-3-22-21(24-11-7-10-23-20(28)17-8-5-4-6-9-17)27-12-13-29-19(16-27)18-14-25-26(2)15-18/h4-6,8-9,14-15,19H,3,7,10-13,16H2,1-2H3,(H,22,24)(H,23,28). The smallest absolute Gasteiger partial charge is 0.251 e. The lowest BCUT2D eigenvalue weighted by atomic mass is 10.1. The third kappa shape index (κ3) is 6.05. The van der Waals surface area contributed by atoms with Gasteiger partial charge in [-0.2, -0.15) is 5.10 Å². The van der Waals surface area contributed by atoms with Gasteiger partial charge in [-0.3, -0.25) is 14.5 Å². The summed E-state index contributed by atoms with van der Waals surface area (Å²) in [6.45, 7) is 6.30. The lowest BCUT2D eigenvalue weighted by molar-refractivity contribution is -0.00804. The fourth-order valence-electron chi connectivity index (χ4n) is 3.23. The van der Waals surface area contributed by atoms with E-state index < -0.39 is 0 Å². The van der Waals surface area contributed by atoms with Crippen LogP contribution in [0.25, 0.3) is 0 Å². The molecule has 2 N–H and O–H groups in total. The first kappa shape index (κ1) is 20.9. The van der Waals surface area contributed by atoms with Gasteiger partial charge in [-0.25, -0.2) is 0 Å². The number of hydrogen-bond acceptors (Lipinski definition) is 4. The number of benzene rings is 1. The number of carbonyl (C=O) groups is 1. The van der Waals surface area contributed by atoms with E-state index in [0.717, 1.165) is 37.6 Å². The Morgan fingerprint density at radius 3 is 2.86 bits per heavy atom. The van der Waals surface area contributed by atoms with Crippen LogP contribution in [-0.4, -0.2) is 65.9 Å². The number of aliphatic imine (C=N–C) groups is 1. The molecule has 29 heavy (non-hydrogen) atoms. The average molecular weight is 399 g/mol. The SMILES string of the molecule is CCNC(=NCCCNC(=O)c1ccccc1)N1CCOC(c2cnn(C)c2)C1. The fourth-order valence-corrected chi connectivity index (χ4v) is 3.23. The summed E-state index contributed by atoms with van der Waals surface area (Å²) in [4.78, 5) is 19.0. The third-order valence-corrected chi connectivity index (χ3v) is 4.72. The van der Waals surface area contributed by atoms with Gasteiger partial charge in [0.05, 0.1) is 19.3 Å². The molecule has 2 aromatic rings. The summed E-state index contributed by atoms with van der Waals surface area (Å²) in [7, 11) is 1.91.